The van der Waals surface area contributed by atoms with Gasteiger partial charge in [-0.2, -0.15) is 13.2 Å². The number of amides is 2. The molecular weight excluding hydrogens is 568 g/mol. The summed E-state index contributed by atoms with van der Waals surface area (Å²) in [5.41, 5.74) is 1.11. The third-order valence-corrected chi connectivity index (χ3v) is 8.69. The largest absolute Gasteiger partial charge is 0.496 e. The molecule has 3 aliphatic rings. The molecule has 1 heterocycles. The summed E-state index contributed by atoms with van der Waals surface area (Å²) < 4.78 is 70.1. The molecular formula is C32H28F4N2O5. The van der Waals surface area contributed by atoms with E-state index >= 15 is 0 Å². The van der Waals surface area contributed by atoms with Crippen molar-refractivity contribution >= 4 is 22.8 Å². The van der Waals surface area contributed by atoms with Gasteiger partial charge in [0.2, 0.25) is 0 Å². The van der Waals surface area contributed by atoms with E-state index in [1.165, 1.54) is 56.6 Å². The molecule has 2 N–H and O–H groups in total. The number of nitrogens with one attached hydrogen (secondary N) is 2. The fourth-order valence-electron chi connectivity index (χ4n) is 6.08. The van der Waals surface area contributed by atoms with Crippen molar-refractivity contribution in [3.63, 3.8) is 0 Å². The van der Waals surface area contributed by atoms with Crippen LogP contribution >= 0.6 is 0 Å². The number of fused-ring (bicyclic) bond motifs is 1. The van der Waals surface area contributed by atoms with Crippen LogP contribution in [0.15, 0.2) is 59.0 Å². The van der Waals surface area contributed by atoms with Gasteiger partial charge in [0.15, 0.2) is 6.61 Å². The minimum Gasteiger partial charge on any atom is -0.496 e. The van der Waals surface area contributed by atoms with Gasteiger partial charge in [0, 0.05) is 35.2 Å². The topological polar surface area (TPSA) is 89.8 Å². The molecule has 2 amide bonds. The number of benzene rings is 3. The van der Waals surface area contributed by atoms with Gasteiger partial charge in [-0.15, -0.1) is 0 Å². The monoisotopic (exact) mass is 596 g/mol. The second kappa shape index (κ2) is 10.3. The SMILES string of the molecule is CNC(=O)c1c(-c2ccc(F)cc2)oc2cc(OCC(F)(F)F)c(-c3ccc(OC)c(C(=O)NC45CC(C4)[C@@H]5C)c3)cc12. The molecule has 7 rings (SSSR count). The number of ether oxygens (including phenoxy) is 2. The van der Waals surface area contributed by atoms with Gasteiger partial charge in [-0.25, -0.2) is 4.39 Å². The second-order valence-electron chi connectivity index (χ2n) is 11.1. The quantitative estimate of drug-likeness (QED) is 0.220. The van der Waals surface area contributed by atoms with Crippen molar-refractivity contribution in [1.29, 1.82) is 0 Å². The average Bonchev–Trinajstić information content (AvgIpc) is 3.35. The van der Waals surface area contributed by atoms with Crippen molar-refractivity contribution in [2.45, 2.75) is 31.5 Å². The zero-order valence-corrected chi connectivity index (χ0v) is 23.5. The number of methoxy groups -OCH3 is 1. The summed E-state index contributed by atoms with van der Waals surface area (Å²) in [6.45, 7) is 0.518. The Balaban J connectivity index is 1.50. The predicted molar refractivity (Wildman–Crippen MR) is 151 cm³/mol. The lowest BCUT2D eigenvalue weighted by molar-refractivity contribution is -0.153. The Bertz CT molecular complexity index is 1740. The lowest BCUT2D eigenvalue weighted by Crippen LogP contribution is -2.74. The van der Waals surface area contributed by atoms with Crippen LogP contribution in [0.1, 0.15) is 40.5 Å². The number of alkyl halides is 3. The van der Waals surface area contributed by atoms with E-state index in [0.717, 1.165) is 12.8 Å². The van der Waals surface area contributed by atoms with E-state index in [2.05, 4.69) is 17.6 Å². The zero-order valence-electron chi connectivity index (χ0n) is 23.5. The maximum absolute atomic E-state index is 13.6. The van der Waals surface area contributed by atoms with Gasteiger partial charge in [0.25, 0.3) is 11.8 Å². The fourth-order valence-corrected chi connectivity index (χ4v) is 6.08. The zero-order chi connectivity index (χ0) is 30.7. The van der Waals surface area contributed by atoms with Crippen molar-refractivity contribution in [3.8, 4) is 33.9 Å². The van der Waals surface area contributed by atoms with E-state index in [0.29, 0.717) is 28.7 Å². The Hall–Kier alpha value is -4.54. The molecule has 224 valence electrons. The van der Waals surface area contributed by atoms with E-state index in [1.54, 1.807) is 12.1 Å². The van der Waals surface area contributed by atoms with Gasteiger partial charge in [-0.05, 0) is 72.7 Å². The van der Waals surface area contributed by atoms with Gasteiger partial charge in [0.05, 0.1) is 18.2 Å². The lowest BCUT2D eigenvalue weighted by atomic mass is 9.43. The Morgan fingerprint density at radius 3 is 2.28 bits per heavy atom. The number of carbonyl (C=O) groups excluding carboxylic acids is 2. The van der Waals surface area contributed by atoms with Gasteiger partial charge < -0.3 is 24.5 Å². The molecule has 3 fully saturated rings. The molecule has 0 radical (unpaired) electrons. The van der Waals surface area contributed by atoms with Gasteiger partial charge in [0.1, 0.15) is 28.7 Å². The lowest BCUT2D eigenvalue weighted by Gasteiger charge is -2.67. The van der Waals surface area contributed by atoms with E-state index < -0.39 is 24.5 Å². The highest BCUT2D eigenvalue weighted by molar-refractivity contribution is 6.12. The number of carbonyl (C=O) groups is 2. The molecule has 3 saturated carbocycles. The number of hydrogen-bond acceptors (Lipinski definition) is 5. The molecule has 43 heavy (non-hydrogen) atoms. The highest BCUT2D eigenvalue weighted by atomic mass is 19.4. The minimum atomic E-state index is -4.63. The average molecular weight is 597 g/mol. The minimum absolute atomic E-state index is 0.0861. The van der Waals surface area contributed by atoms with Crippen molar-refractivity contribution in [2.75, 3.05) is 20.8 Å². The first kappa shape index (κ1) is 28.6. The van der Waals surface area contributed by atoms with Crippen LogP contribution in [0.25, 0.3) is 33.4 Å². The third-order valence-electron chi connectivity index (χ3n) is 8.69. The molecule has 0 saturated heterocycles. The highest BCUT2D eigenvalue weighted by Gasteiger charge is 2.63. The normalized spacial score (nSPS) is 20.6. The summed E-state index contributed by atoms with van der Waals surface area (Å²) >= 11 is 0. The van der Waals surface area contributed by atoms with Crippen LogP contribution in [-0.4, -0.2) is 44.3 Å². The molecule has 0 aliphatic heterocycles. The second-order valence-corrected chi connectivity index (χ2v) is 11.1. The molecule has 0 spiro atoms. The molecule has 2 bridgehead atoms. The number of hydrogen-bond donors (Lipinski definition) is 2. The highest BCUT2D eigenvalue weighted by Crippen LogP contribution is 2.61. The molecule has 11 heteroatoms. The van der Waals surface area contributed by atoms with Crippen molar-refractivity contribution in [3.05, 3.63) is 71.5 Å². The molecule has 4 aromatic rings. The first-order valence-corrected chi connectivity index (χ1v) is 13.7. The smallest absolute Gasteiger partial charge is 0.422 e. The molecule has 3 aromatic carbocycles. The van der Waals surface area contributed by atoms with Crippen LogP contribution in [0, 0.1) is 17.7 Å². The van der Waals surface area contributed by atoms with Crippen molar-refractivity contribution < 1.29 is 41.0 Å². The first-order chi connectivity index (χ1) is 20.4. The van der Waals surface area contributed by atoms with Crippen LogP contribution in [-0.2, 0) is 0 Å². The van der Waals surface area contributed by atoms with E-state index in [9.17, 15) is 27.2 Å². The van der Waals surface area contributed by atoms with E-state index in [4.69, 9.17) is 13.9 Å². The third kappa shape index (κ3) is 4.96. The van der Waals surface area contributed by atoms with Crippen molar-refractivity contribution in [1.82, 2.24) is 10.6 Å². The van der Waals surface area contributed by atoms with E-state index in [-0.39, 0.29) is 50.6 Å². The van der Waals surface area contributed by atoms with Crippen LogP contribution in [0.4, 0.5) is 17.6 Å². The van der Waals surface area contributed by atoms with Crippen LogP contribution in [0.2, 0.25) is 0 Å². The summed E-state index contributed by atoms with van der Waals surface area (Å²) in [7, 11) is 2.86. The number of rotatable bonds is 8. The molecule has 7 nitrogen and oxygen atoms in total. The number of halogens is 4. The molecule has 0 unspecified atom stereocenters. The van der Waals surface area contributed by atoms with Gasteiger partial charge >= 0.3 is 6.18 Å². The Kier molecular flexibility index (Phi) is 6.86. The molecule has 1 atom stereocenters. The predicted octanol–water partition coefficient (Wildman–Crippen LogP) is 6.74. The summed E-state index contributed by atoms with van der Waals surface area (Å²) in [5.74, 6) is -0.145. The summed E-state index contributed by atoms with van der Waals surface area (Å²) in [6.07, 6.45) is -2.81. The Morgan fingerprint density at radius 2 is 1.70 bits per heavy atom. The molecule has 3 aliphatic carbocycles. The summed E-state index contributed by atoms with van der Waals surface area (Å²) in [6, 6.07) is 12.7. The first-order valence-electron chi connectivity index (χ1n) is 13.7. The fraction of sp³-hybridized carbons (Fsp3) is 0.312. The van der Waals surface area contributed by atoms with Crippen LogP contribution in [0.5, 0.6) is 11.5 Å². The Labute approximate surface area is 244 Å². The maximum Gasteiger partial charge on any atom is 0.422 e. The van der Waals surface area contributed by atoms with Gasteiger partial charge in [-0.1, -0.05) is 13.0 Å². The standard InChI is InChI=1S/C32H28F4N2O5/c1-16-19-13-31(16,14-19)38-29(39)23-10-18(6-9-24(23)41-3)21-11-22-26(12-25(21)42-15-32(34,35)36)43-28(27(22)30(40)37-2)17-4-7-20(33)8-5-17/h4-12,16,19H,13-15H2,1-3H3,(H,37,40)(H,38,39)/t16-,19?,31?/m0/s1. The van der Waals surface area contributed by atoms with E-state index in [1.807, 2.05) is 0 Å². The maximum atomic E-state index is 13.6. The molecule has 1 aromatic heterocycles. The van der Waals surface area contributed by atoms with Gasteiger partial charge in [-0.3, -0.25) is 9.59 Å². The van der Waals surface area contributed by atoms with Crippen LogP contribution in [0.3, 0.4) is 0 Å². The van der Waals surface area contributed by atoms with Crippen molar-refractivity contribution in [2.24, 2.45) is 11.8 Å². The number of furan rings is 1. The summed E-state index contributed by atoms with van der Waals surface area (Å²) in [5, 5.41) is 5.98. The van der Waals surface area contributed by atoms with Crippen LogP contribution < -0.4 is 20.1 Å². The summed E-state index contributed by atoms with van der Waals surface area (Å²) in [4.78, 5) is 26.5. The Morgan fingerprint density at radius 1 is 1.00 bits per heavy atom.